The Hall–Kier alpha value is -3.26. The van der Waals surface area contributed by atoms with Crippen LogP contribution in [0, 0.1) is 0 Å². The summed E-state index contributed by atoms with van der Waals surface area (Å²) in [5.41, 5.74) is 3.35. The van der Waals surface area contributed by atoms with E-state index in [-0.39, 0.29) is 23.9 Å². The van der Waals surface area contributed by atoms with Gasteiger partial charge in [0, 0.05) is 19.0 Å². The standard InChI is InChI=1S/C24H30N2O6/c1-13(27)12-25-19-9-7-16-17(11-20(19)29)18(26-14(2)28)8-6-15-10-21(30-3)23(31-4)24(32-5)22(15)16/h7,9-11,13,18,27H,6,8,12H2,1-5H3,(H,25,29)(H,26,28)/t13?,18-/m0/s1. The predicted molar refractivity (Wildman–Crippen MR) is 123 cm³/mol. The van der Waals surface area contributed by atoms with Crippen LogP contribution in [0.4, 0.5) is 5.69 Å². The van der Waals surface area contributed by atoms with Gasteiger partial charge in [0.25, 0.3) is 0 Å². The Morgan fingerprint density at radius 3 is 2.47 bits per heavy atom. The molecule has 1 unspecified atom stereocenters. The van der Waals surface area contributed by atoms with E-state index in [2.05, 4.69) is 10.6 Å². The van der Waals surface area contributed by atoms with Crippen LogP contribution in [0.2, 0.25) is 0 Å². The molecule has 172 valence electrons. The lowest BCUT2D eigenvalue weighted by atomic mass is 9.95. The molecule has 0 saturated carbocycles. The average molecular weight is 443 g/mol. The van der Waals surface area contributed by atoms with Crippen molar-refractivity contribution in [2.45, 2.75) is 38.8 Å². The van der Waals surface area contributed by atoms with E-state index < -0.39 is 6.10 Å². The Balaban J connectivity index is 2.33. The normalized spacial score (nSPS) is 15.5. The molecule has 0 saturated heterocycles. The molecule has 0 spiro atoms. The number of hydrogen-bond donors (Lipinski definition) is 3. The zero-order chi connectivity index (χ0) is 23.4. The number of nitrogens with one attached hydrogen (secondary N) is 2. The van der Waals surface area contributed by atoms with Gasteiger partial charge in [-0.05, 0) is 54.7 Å². The second-order valence-corrected chi connectivity index (χ2v) is 7.83. The van der Waals surface area contributed by atoms with Crippen LogP contribution in [0.15, 0.2) is 29.1 Å². The monoisotopic (exact) mass is 442 g/mol. The summed E-state index contributed by atoms with van der Waals surface area (Å²) in [6, 6.07) is 6.63. The maximum absolute atomic E-state index is 13.0. The number of hydrogen-bond acceptors (Lipinski definition) is 7. The van der Waals surface area contributed by atoms with Crippen LogP contribution in [-0.4, -0.2) is 45.0 Å². The summed E-state index contributed by atoms with van der Waals surface area (Å²) in [4.78, 5) is 24.9. The minimum absolute atomic E-state index is 0.180. The minimum atomic E-state index is -0.609. The number of fused-ring (bicyclic) bond motifs is 3. The number of carbonyl (C=O) groups is 1. The Kier molecular flexibility index (Phi) is 7.25. The molecular formula is C24H30N2O6. The molecule has 0 radical (unpaired) electrons. The summed E-state index contributed by atoms with van der Waals surface area (Å²) >= 11 is 0. The number of ether oxygens (including phenoxy) is 3. The zero-order valence-corrected chi connectivity index (χ0v) is 19.1. The van der Waals surface area contributed by atoms with Crippen LogP contribution in [0.3, 0.4) is 0 Å². The first-order valence-corrected chi connectivity index (χ1v) is 10.5. The van der Waals surface area contributed by atoms with Gasteiger partial charge in [-0.25, -0.2) is 0 Å². The summed E-state index contributed by atoms with van der Waals surface area (Å²) in [6.07, 6.45) is 0.622. The molecule has 2 aromatic carbocycles. The number of carbonyl (C=O) groups excluding carboxylic acids is 1. The fraction of sp³-hybridized carbons (Fsp3) is 0.417. The molecule has 3 rings (SSSR count). The number of aliphatic hydroxyl groups excluding tert-OH is 1. The summed E-state index contributed by atoms with van der Waals surface area (Å²) in [5, 5.41) is 15.6. The van der Waals surface area contributed by atoms with Crippen molar-refractivity contribution < 1.29 is 24.1 Å². The molecule has 8 heteroatoms. The van der Waals surface area contributed by atoms with Gasteiger partial charge in [-0.15, -0.1) is 0 Å². The van der Waals surface area contributed by atoms with Crippen molar-refractivity contribution in [3.05, 3.63) is 45.6 Å². The highest BCUT2D eigenvalue weighted by Crippen LogP contribution is 2.50. The molecule has 1 aliphatic carbocycles. The fourth-order valence-corrected chi connectivity index (χ4v) is 4.11. The van der Waals surface area contributed by atoms with Gasteiger partial charge in [0.15, 0.2) is 11.5 Å². The van der Waals surface area contributed by atoms with E-state index in [1.165, 1.54) is 6.92 Å². The molecule has 2 atom stereocenters. The largest absolute Gasteiger partial charge is 0.493 e. The van der Waals surface area contributed by atoms with Gasteiger partial charge in [-0.3, -0.25) is 9.59 Å². The van der Waals surface area contributed by atoms with Gasteiger partial charge in [-0.1, -0.05) is 6.07 Å². The first-order valence-electron chi connectivity index (χ1n) is 10.5. The molecule has 8 nitrogen and oxygen atoms in total. The molecule has 1 amide bonds. The van der Waals surface area contributed by atoms with E-state index in [1.54, 1.807) is 40.4 Å². The Bertz CT molecular complexity index is 1070. The lowest BCUT2D eigenvalue weighted by Gasteiger charge is -2.19. The van der Waals surface area contributed by atoms with E-state index >= 15 is 0 Å². The van der Waals surface area contributed by atoms with Gasteiger partial charge in [-0.2, -0.15) is 0 Å². The number of methoxy groups -OCH3 is 3. The van der Waals surface area contributed by atoms with E-state index in [9.17, 15) is 14.7 Å². The Morgan fingerprint density at radius 1 is 1.16 bits per heavy atom. The van der Waals surface area contributed by atoms with Gasteiger partial charge in [0.1, 0.15) is 0 Å². The summed E-state index contributed by atoms with van der Waals surface area (Å²) in [5.74, 6) is 1.33. The van der Waals surface area contributed by atoms with Gasteiger partial charge in [0.2, 0.25) is 17.1 Å². The highest BCUT2D eigenvalue weighted by Gasteiger charge is 2.29. The maximum atomic E-state index is 13.0. The summed E-state index contributed by atoms with van der Waals surface area (Å²) in [6.45, 7) is 3.34. The predicted octanol–water partition coefficient (Wildman–Crippen LogP) is 2.66. The van der Waals surface area contributed by atoms with Gasteiger partial charge >= 0.3 is 0 Å². The van der Waals surface area contributed by atoms with Crippen molar-refractivity contribution in [1.29, 1.82) is 0 Å². The maximum Gasteiger partial charge on any atom is 0.217 e. The SMILES string of the molecule is COc1cc2c(c(OC)c1OC)-c1ccc(NCC(C)O)c(=O)cc1[C@@H](NC(C)=O)CC2. The van der Waals surface area contributed by atoms with Crippen molar-refractivity contribution in [2.75, 3.05) is 33.2 Å². The minimum Gasteiger partial charge on any atom is -0.493 e. The third kappa shape index (κ3) is 4.65. The third-order valence-corrected chi connectivity index (χ3v) is 5.50. The number of aryl methyl sites for hydroxylation is 1. The molecule has 32 heavy (non-hydrogen) atoms. The summed E-state index contributed by atoms with van der Waals surface area (Å²) in [7, 11) is 4.67. The van der Waals surface area contributed by atoms with Gasteiger partial charge < -0.3 is 30.0 Å². The van der Waals surface area contributed by atoms with Crippen molar-refractivity contribution >= 4 is 11.6 Å². The van der Waals surface area contributed by atoms with E-state index in [4.69, 9.17) is 14.2 Å². The van der Waals surface area contributed by atoms with Crippen molar-refractivity contribution in [3.63, 3.8) is 0 Å². The van der Waals surface area contributed by atoms with E-state index in [0.717, 1.165) is 16.7 Å². The number of amides is 1. The first-order chi connectivity index (χ1) is 15.3. The molecule has 0 heterocycles. The van der Waals surface area contributed by atoms with E-state index in [1.807, 2.05) is 12.1 Å². The lowest BCUT2D eigenvalue weighted by Crippen LogP contribution is -2.26. The quantitative estimate of drug-likeness (QED) is 0.605. The molecule has 0 fully saturated rings. The number of anilines is 1. The second kappa shape index (κ2) is 9.91. The first kappa shape index (κ1) is 23.4. The zero-order valence-electron chi connectivity index (χ0n) is 19.1. The molecular weight excluding hydrogens is 412 g/mol. The lowest BCUT2D eigenvalue weighted by molar-refractivity contribution is -0.119. The molecule has 3 N–H and O–H groups in total. The van der Waals surface area contributed by atoms with Crippen LogP contribution >= 0.6 is 0 Å². The number of rotatable bonds is 7. The summed E-state index contributed by atoms with van der Waals surface area (Å²) < 4.78 is 16.9. The van der Waals surface area contributed by atoms with Crippen molar-refractivity contribution in [2.24, 2.45) is 0 Å². The van der Waals surface area contributed by atoms with Crippen LogP contribution in [0.5, 0.6) is 17.2 Å². The highest BCUT2D eigenvalue weighted by atomic mass is 16.5. The van der Waals surface area contributed by atoms with Crippen LogP contribution < -0.4 is 30.3 Å². The Morgan fingerprint density at radius 2 is 1.88 bits per heavy atom. The molecule has 0 aliphatic heterocycles. The van der Waals surface area contributed by atoms with Crippen LogP contribution in [-0.2, 0) is 11.2 Å². The number of benzene rings is 1. The number of aliphatic hydroxyl groups is 1. The van der Waals surface area contributed by atoms with Crippen molar-refractivity contribution in [1.82, 2.24) is 5.32 Å². The molecule has 1 aliphatic rings. The van der Waals surface area contributed by atoms with Crippen LogP contribution in [0.25, 0.3) is 11.1 Å². The van der Waals surface area contributed by atoms with Gasteiger partial charge in [0.05, 0.1) is 39.2 Å². The topological polar surface area (TPSA) is 106 Å². The van der Waals surface area contributed by atoms with Crippen LogP contribution in [0.1, 0.15) is 37.4 Å². The van der Waals surface area contributed by atoms with E-state index in [0.29, 0.717) is 41.3 Å². The smallest absolute Gasteiger partial charge is 0.217 e. The Labute approximate surface area is 187 Å². The highest BCUT2D eigenvalue weighted by molar-refractivity contribution is 5.83. The molecule has 0 aromatic heterocycles. The second-order valence-electron chi connectivity index (χ2n) is 7.83. The fourth-order valence-electron chi connectivity index (χ4n) is 4.11. The molecule has 0 bridgehead atoms. The average Bonchev–Trinajstić information content (AvgIpc) is 2.99. The molecule has 2 aromatic rings. The third-order valence-electron chi connectivity index (χ3n) is 5.50. The van der Waals surface area contributed by atoms with Crippen molar-refractivity contribution in [3.8, 4) is 28.4 Å².